The summed E-state index contributed by atoms with van der Waals surface area (Å²) >= 11 is 0. The standard InChI is InChI=1S/C30H34F2/c1-3-7-22-10-12-24(13-11-22)25-14-16-26(17-15-25)27-19-29(31)28(30(32)20-27)18-21(2)23-8-5-4-6-9-23/h4-6,8-13,19-21,25-26H,3,7,14-18H2,1-2H3/t21-,25?,26?/m1/s1. The minimum atomic E-state index is -0.392. The molecule has 4 rings (SSSR count). The summed E-state index contributed by atoms with van der Waals surface area (Å²) in [6, 6.07) is 22.2. The van der Waals surface area contributed by atoms with Gasteiger partial charge in [0.05, 0.1) is 0 Å². The SMILES string of the molecule is CCCc1ccc(C2CCC(c3cc(F)c(C[C@@H](C)c4ccccc4)c(F)c3)CC2)cc1. The molecule has 1 aliphatic carbocycles. The maximum Gasteiger partial charge on any atom is 0.129 e. The summed E-state index contributed by atoms with van der Waals surface area (Å²) in [4.78, 5) is 0. The highest BCUT2D eigenvalue weighted by Gasteiger charge is 2.25. The second kappa shape index (κ2) is 10.4. The molecule has 0 spiro atoms. The van der Waals surface area contributed by atoms with E-state index in [1.165, 1.54) is 17.5 Å². The van der Waals surface area contributed by atoms with E-state index in [4.69, 9.17) is 0 Å². The van der Waals surface area contributed by atoms with Crippen LogP contribution < -0.4 is 0 Å². The summed E-state index contributed by atoms with van der Waals surface area (Å²) in [6.07, 6.45) is 6.80. The molecule has 0 nitrogen and oxygen atoms in total. The molecule has 0 heterocycles. The van der Waals surface area contributed by atoms with E-state index in [1.54, 1.807) is 12.1 Å². The van der Waals surface area contributed by atoms with E-state index in [9.17, 15) is 8.78 Å². The first-order chi connectivity index (χ1) is 15.5. The topological polar surface area (TPSA) is 0 Å². The van der Waals surface area contributed by atoms with Crippen molar-refractivity contribution in [3.8, 4) is 0 Å². The molecular weight excluding hydrogens is 398 g/mol. The van der Waals surface area contributed by atoms with Crippen molar-refractivity contribution < 1.29 is 8.78 Å². The second-order valence-corrected chi connectivity index (χ2v) is 9.52. The third-order valence-corrected chi connectivity index (χ3v) is 7.23. The van der Waals surface area contributed by atoms with Crippen molar-refractivity contribution in [2.24, 2.45) is 0 Å². The van der Waals surface area contributed by atoms with Crippen molar-refractivity contribution in [1.82, 2.24) is 0 Å². The molecule has 1 saturated carbocycles. The summed E-state index contributed by atoms with van der Waals surface area (Å²) in [5.41, 5.74) is 4.96. The van der Waals surface area contributed by atoms with Crippen LogP contribution in [0.25, 0.3) is 0 Å². The smallest absolute Gasteiger partial charge is 0.129 e. The lowest BCUT2D eigenvalue weighted by Crippen LogP contribution is -2.13. The van der Waals surface area contributed by atoms with Gasteiger partial charge in [0.1, 0.15) is 11.6 Å². The summed E-state index contributed by atoms with van der Waals surface area (Å²) in [5.74, 6) is 0.0934. The Bertz CT molecular complexity index is 976. The average Bonchev–Trinajstić information content (AvgIpc) is 2.82. The predicted octanol–water partition coefficient (Wildman–Crippen LogP) is 8.70. The minimum absolute atomic E-state index is 0.0743. The van der Waals surface area contributed by atoms with Gasteiger partial charge in [-0.2, -0.15) is 0 Å². The van der Waals surface area contributed by atoms with Crippen LogP contribution in [0.1, 0.15) is 91.5 Å². The van der Waals surface area contributed by atoms with Gasteiger partial charge in [0.15, 0.2) is 0 Å². The van der Waals surface area contributed by atoms with E-state index in [-0.39, 0.29) is 17.4 Å². The molecule has 2 heteroatoms. The fourth-order valence-electron chi connectivity index (χ4n) is 5.26. The second-order valence-electron chi connectivity index (χ2n) is 9.52. The number of hydrogen-bond donors (Lipinski definition) is 0. The monoisotopic (exact) mass is 432 g/mol. The van der Waals surface area contributed by atoms with Crippen LogP contribution in [0.4, 0.5) is 8.78 Å². The third kappa shape index (κ3) is 5.28. The molecule has 0 aromatic heterocycles. The van der Waals surface area contributed by atoms with E-state index in [2.05, 4.69) is 31.2 Å². The Kier molecular flexibility index (Phi) is 7.40. The zero-order valence-electron chi connectivity index (χ0n) is 19.3. The third-order valence-electron chi connectivity index (χ3n) is 7.23. The highest BCUT2D eigenvalue weighted by Crippen LogP contribution is 2.41. The van der Waals surface area contributed by atoms with Crippen LogP contribution in [-0.2, 0) is 12.8 Å². The fraction of sp³-hybridized carbons (Fsp3) is 0.400. The van der Waals surface area contributed by atoms with Crippen molar-refractivity contribution >= 4 is 0 Å². The van der Waals surface area contributed by atoms with Crippen molar-refractivity contribution in [3.05, 3.63) is 106 Å². The zero-order valence-corrected chi connectivity index (χ0v) is 19.3. The van der Waals surface area contributed by atoms with Gasteiger partial charge in [-0.15, -0.1) is 0 Å². The highest BCUT2D eigenvalue weighted by atomic mass is 19.1. The van der Waals surface area contributed by atoms with E-state index in [0.29, 0.717) is 12.3 Å². The molecule has 0 bridgehead atoms. The van der Waals surface area contributed by atoms with Gasteiger partial charge in [-0.25, -0.2) is 8.78 Å². The zero-order chi connectivity index (χ0) is 22.5. The van der Waals surface area contributed by atoms with Gasteiger partial charge in [-0.1, -0.05) is 74.9 Å². The number of hydrogen-bond acceptors (Lipinski definition) is 0. The van der Waals surface area contributed by atoms with E-state index < -0.39 is 11.6 Å². The quantitative estimate of drug-likeness (QED) is 0.350. The minimum Gasteiger partial charge on any atom is -0.207 e. The lowest BCUT2D eigenvalue weighted by molar-refractivity contribution is 0.393. The van der Waals surface area contributed by atoms with Gasteiger partial charge >= 0.3 is 0 Å². The molecule has 1 atom stereocenters. The number of rotatable bonds is 7. The Labute approximate surface area is 191 Å². The molecule has 32 heavy (non-hydrogen) atoms. The van der Waals surface area contributed by atoms with Gasteiger partial charge in [0.25, 0.3) is 0 Å². The van der Waals surface area contributed by atoms with Gasteiger partial charge < -0.3 is 0 Å². The normalized spacial score (nSPS) is 19.6. The summed E-state index contributed by atoms with van der Waals surface area (Å²) in [5, 5.41) is 0. The van der Waals surface area contributed by atoms with Gasteiger partial charge in [0, 0.05) is 5.56 Å². The Balaban J connectivity index is 1.40. The van der Waals surface area contributed by atoms with Gasteiger partial charge in [0.2, 0.25) is 0 Å². The van der Waals surface area contributed by atoms with Crippen LogP contribution in [-0.4, -0.2) is 0 Å². The maximum absolute atomic E-state index is 14.9. The van der Waals surface area contributed by atoms with Crippen LogP contribution in [0.5, 0.6) is 0 Å². The largest absolute Gasteiger partial charge is 0.207 e. The van der Waals surface area contributed by atoms with Gasteiger partial charge in [-0.3, -0.25) is 0 Å². The van der Waals surface area contributed by atoms with Crippen LogP contribution in [0.3, 0.4) is 0 Å². The first-order valence-electron chi connectivity index (χ1n) is 12.2. The van der Waals surface area contributed by atoms with Crippen molar-refractivity contribution in [2.45, 2.75) is 76.5 Å². The average molecular weight is 433 g/mol. The van der Waals surface area contributed by atoms with Crippen molar-refractivity contribution in [1.29, 1.82) is 0 Å². The predicted molar refractivity (Wildman–Crippen MR) is 129 cm³/mol. The molecule has 0 N–H and O–H groups in total. The molecule has 3 aromatic carbocycles. The molecule has 0 aliphatic heterocycles. The molecule has 0 saturated heterocycles. The lowest BCUT2D eigenvalue weighted by atomic mass is 9.76. The van der Waals surface area contributed by atoms with Crippen LogP contribution in [0.15, 0.2) is 66.7 Å². The van der Waals surface area contributed by atoms with Crippen molar-refractivity contribution in [2.75, 3.05) is 0 Å². The van der Waals surface area contributed by atoms with E-state index in [0.717, 1.165) is 43.2 Å². The number of aryl methyl sites for hydroxylation is 1. The van der Waals surface area contributed by atoms with Crippen LogP contribution >= 0.6 is 0 Å². The molecule has 168 valence electrons. The Hall–Kier alpha value is -2.48. The van der Waals surface area contributed by atoms with Crippen molar-refractivity contribution in [3.63, 3.8) is 0 Å². The summed E-state index contributed by atoms with van der Waals surface area (Å²) < 4.78 is 29.9. The molecular formula is C30H34F2. The number of halogens is 2. The van der Waals surface area contributed by atoms with E-state index in [1.807, 2.05) is 37.3 Å². The molecule has 1 fully saturated rings. The van der Waals surface area contributed by atoms with Crippen LogP contribution in [0, 0.1) is 11.6 Å². The maximum atomic E-state index is 14.9. The number of benzene rings is 3. The fourth-order valence-corrected chi connectivity index (χ4v) is 5.26. The summed E-state index contributed by atoms with van der Waals surface area (Å²) in [7, 11) is 0. The first kappa shape index (κ1) is 22.7. The molecule has 1 aliphatic rings. The molecule has 0 amide bonds. The molecule has 3 aromatic rings. The Morgan fingerprint density at radius 1 is 0.781 bits per heavy atom. The summed E-state index contributed by atoms with van der Waals surface area (Å²) in [6.45, 7) is 4.23. The van der Waals surface area contributed by atoms with Gasteiger partial charge in [-0.05, 0) is 90.7 Å². The molecule has 0 radical (unpaired) electrons. The molecule has 0 unspecified atom stereocenters. The highest BCUT2D eigenvalue weighted by molar-refractivity contribution is 5.32. The van der Waals surface area contributed by atoms with E-state index >= 15 is 0 Å². The Morgan fingerprint density at radius 2 is 1.34 bits per heavy atom. The Morgan fingerprint density at radius 3 is 1.91 bits per heavy atom. The lowest BCUT2D eigenvalue weighted by Gasteiger charge is -2.29. The van der Waals surface area contributed by atoms with Crippen LogP contribution in [0.2, 0.25) is 0 Å². The first-order valence-corrected chi connectivity index (χ1v) is 12.2.